The second-order valence-electron chi connectivity index (χ2n) is 4.26. The summed E-state index contributed by atoms with van der Waals surface area (Å²) < 4.78 is 0. The molecule has 1 atom stereocenters. The van der Waals surface area contributed by atoms with Crippen LogP contribution in [0.4, 0.5) is 0 Å². The van der Waals surface area contributed by atoms with Crippen LogP contribution in [-0.2, 0) is 6.42 Å². The maximum absolute atomic E-state index is 4.34. The SMILES string of the molecule is CCCCCCCCCCc1ncc[pH]1. The van der Waals surface area contributed by atoms with Crippen molar-refractivity contribution in [2.45, 2.75) is 64.7 Å². The molecule has 1 nitrogen and oxygen atoms in total. The summed E-state index contributed by atoms with van der Waals surface area (Å²) in [6.45, 7) is 2.27. The van der Waals surface area contributed by atoms with Gasteiger partial charge in [0.05, 0.1) is 5.43 Å². The molecule has 0 aliphatic rings. The van der Waals surface area contributed by atoms with Gasteiger partial charge in [-0.2, -0.15) is 0 Å². The second-order valence-corrected chi connectivity index (χ2v) is 5.46. The van der Waals surface area contributed by atoms with Crippen LogP contribution >= 0.6 is 8.19 Å². The van der Waals surface area contributed by atoms with Crippen LogP contribution in [0.3, 0.4) is 0 Å². The van der Waals surface area contributed by atoms with E-state index in [0.29, 0.717) is 0 Å². The summed E-state index contributed by atoms with van der Waals surface area (Å²) in [6.07, 6.45) is 14.5. The van der Waals surface area contributed by atoms with Crippen LogP contribution in [0, 0.1) is 0 Å². The fourth-order valence-electron chi connectivity index (χ4n) is 1.86. The molecule has 1 aromatic rings. The molecule has 1 unspecified atom stereocenters. The lowest BCUT2D eigenvalue weighted by Gasteiger charge is -2.00. The third-order valence-electron chi connectivity index (χ3n) is 2.82. The zero-order valence-electron chi connectivity index (χ0n) is 9.97. The van der Waals surface area contributed by atoms with Crippen LogP contribution in [0.15, 0.2) is 12.0 Å². The molecule has 0 aliphatic heterocycles. The van der Waals surface area contributed by atoms with E-state index in [9.17, 15) is 0 Å². The lowest BCUT2D eigenvalue weighted by atomic mass is 10.1. The van der Waals surface area contributed by atoms with Gasteiger partial charge in [0, 0.05) is 6.20 Å². The van der Waals surface area contributed by atoms with Gasteiger partial charge in [0.1, 0.15) is 0 Å². The Morgan fingerprint density at radius 3 is 2.27 bits per heavy atom. The molecular weight excluding hydrogens is 201 g/mol. The van der Waals surface area contributed by atoms with Gasteiger partial charge in [0.15, 0.2) is 0 Å². The first kappa shape index (κ1) is 12.8. The van der Waals surface area contributed by atoms with E-state index >= 15 is 0 Å². The maximum atomic E-state index is 4.34. The van der Waals surface area contributed by atoms with Crippen molar-refractivity contribution in [2.75, 3.05) is 0 Å². The van der Waals surface area contributed by atoms with Gasteiger partial charge in [0.2, 0.25) is 0 Å². The summed E-state index contributed by atoms with van der Waals surface area (Å²) in [4.78, 5) is 4.34. The lowest BCUT2D eigenvalue weighted by Crippen LogP contribution is -1.84. The summed E-state index contributed by atoms with van der Waals surface area (Å²) in [5, 5.41) is 0. The molecule has 0 bridgehead atoms. The first-order chi connectivity index (χ1) is 7.43. The predicted molar refractivity (Wildman–Crippen MR) is 70.1 cm³/mol. The van der Waals surface area contributed by atoms with E-state index in [4.69, 9.17) is 0 Å². The van der Waals surface area contributed by atoms with Gasteiger partial charge in [0.25, 0.3) is 0 Å². The molecule has 0 fully saturated rings. The van der Waals surface area contributed by atoms with Gasteiger partial charge < -0.3 is 0 Å². The van der Waals surface area contributed by atoms with Gasteiger partial charge in [-0.3, -0.25) is 4.98 Å². The van der Waals surface area contributed by atoms with E-state index in [1.54, 1.807) is 0 Å². The highest BCUT2D eigenvalue weighted by Gasteiger charge is 1.94. The smallest absolute Gasteiger partial charge is 0.0561 e. The zero-order chi connectivity index (χ0) is 10.8. The molecule has 0 amide bonds. The fraction of sp³-hybridized carbons (Fsp3) is 0.769. The number of aryl methyl sites for hydroxylation is 1. The van der Waals surface area contributed by atoms with Gasteiger partial charge in [-0.1, -0.05) is 51.9 Å². The lowest BCUT2D eigenvalue weighted by molar-refractivity contribution is 0.575. The Labute approximate surface area is 95.8 Å². The Bertz CT molecular complexity index is 218. The topological polar surface area (TPSA) is 12.9 Å². The van der Waals surface area contributed by atoms with Crippen molar-refractivity contribution >= 4 is 8.19 Å². The molecular formula is C13H24NP. The van der Waals surface area contributed by atoms with E-state index in [0.717, 1.165) is 8.19 Å². The molecule has 2 heteroatoms. The predicted octanol–water partition coefficient (Wildman–Crippen LogP) is 4.80. The molecule has 15 heavy (non-hydrogen) atoms. The highest BCUT2D eigenvalue weighted by atomic mass is 31.0. The molecule has 1 aromatic heterocycles. The number of rotatable bonds is 9. The molecule has 0 radical (unpaired) electrons. The third-order valence-corrected chi connectivity index (χ3v) is 3.85. The zero-order valence-corrected chi connectivity index (χ0v) is 11.0. The largest absolute Gasteiger partial charge is 0.257 e. The summed E-state index contributed by atoms with van der Waals surface area (Å²) in [5.74, 6) is 2.18. The van der Waals surface area contributed by atoms with Crippen molar-refractivity contribution in [3.8, 4) is 0 Å². The van der Waals surface area contributed by atoms with Crippen molar-refractivity contribution in [3.63, 3.8) is 0 Å². The van der Waals surface area contributed by atoms with E-state index in [-0.39, 0.29) is 0 Å². The van der Waals surface area contributed by atoms with E-state index in [1.165, 1.54) is 63.2 Å². The quantitative estimate of drug-likeness (QED) is 0.550. The highest BCUT2D eigenvalue weighted by Crippen LogP contribution is 2.15. The summed E-state index contributed by atoms with van der Waals surface area (Å²) in [5.41, 5.74) is 1.42. The number of hydrogen-bond acceptors (Lipinski definition) is 1. The van der Waals surface area contributed by atoms with Crippen molar-refractivity contribution in [1.29, 1.82) is 0 Å². The molecule has 0 aromatic carbocycles. The van der Waals surface area contributed by atoms with Gasteiger partial charge in [-0.15, -0.1) is 8.19 Å². The van der Waals surface area contributed by atoms with Gasteiger partial charge >= 0.3 is 0 Å². The molecule has 1 rings (SSSR count). The first-order valence-corrected chi connectivity index (χ1v) is 7.49. The standard InChI is InChI=1S/C13H24NP/c1-2-3-4-5-6-7-8-9-10-13-14-11-12-15-13/h11-12,15H,2-10H2,1H3. The Kier molecular flexibility index (Phi) is 7.64. The molecule has 0 N–H and O–H groups in total. The summed E-state index contributed by atoms with van der Waals surface area (Å²) >= 11 is 0. The Balaban J connectivity index is 1.81. The van der Waals surface area contributed by atoms with Crippen LogP contribution in [-0.4, -0.2) is 4.98 Å². The van der Waals surface area contributed by atoms with Gasteiger partial charge in [-0.25, -0.2) is 0 Å². The second kappa shape index (κ2) is 8.97. The number of nitrogens with zero attached hydrogens (tertiary/aromatic N) is 1. The average molecular weight is 225 g/mol. The fourth-order valence-corrected chi connectivity index (χ4v) is 2.67. The highest BCUT2D eigenvalue weighted by molar-refractivity contribution is 7.29. The molecule has 0 saturated heterocycles. The molecule has 1 heterocycles. The number of hydrogen-bond donors (Lipinski definition) is 0. The minimum absolute atomic E-state index is 0.881. The maximum Gasteiger partial charge on any atom is 0.0561 e. The molecule has 0 saturated carbocycles. The average Bonchev–Trinajstić information content (AvgIpc) is 2.75. The van der Waals surface area contributed by atoms with Crippen LogP contribution in [0.5, 0.6) is 0 Å². The van der Waals surface area contributed by atoms with E-state index < -0.39 is 0 Å². The minimum atomic E-state index is 0.881. The van der Waals surface area contributed by atoms with Crippen molar-refractivity contribution in [3.05, 3.63) is 17.4 Å². The van der Waals surface area contributed by atoms with Gasteiger partial charge in [-0.05, 0) is 18.6 Å². The molecule has 86 valence electrons. The number of unbranched alkanes of at least 4 members (excludes halogenated alkanes) is 7. The molecule has 0 spiro atoms. The first-order valence-electron chi connectivity index (χ1n) is 6.41. The minimum Gasteiger partial charge on any atom is -0.257 e. The van der Waals surface area contributed by atoms with E-state index in [1.807, 2.05) is 6.20 Å². The van der Waals surface area contributed by atoms with Crippen LogP contribution < -0.4 is 0 Å². The van der Waals surface area contributed by atoms with Crippen LogP contribution in [0.1, 0.15) is 63.7 Å². The van der Waals surface area contributed by atoms with Crippen molar-refractivity contribution in [2.24, 2.45) is 0 Å². The monoisotopic (exact) mass is 225 g/mol. The Morgan fingerprint density at radius 1 is 1.00 bits per heavy atom. The van der Waals surface area contributed by atoms with E-state index in [2.05, 4.69) is 17.7 Å². The Morgan fingerprint density at radius 2 is 1.67 bits per heavy atom. The van der Waals surface area contributed by atoms with Crippen LogP contribution in [0.25, 0.3) is 0 Å². The summed E-state index contributed by atoms with van der Waals surface area (Å²) in [6, 6.07) is 0. The van der Waals surface area contributed by atoms with Crippen LogP contribution in [0.2, 0.25) is 0 Å². The third kappa shape index (κ3) is 6.73. The van der Waals surface area contributed by atoms with Crippen molar-refractivity contribution < 1.29 is 0 Å². The Hall–Kier alpha value is -0.290. The summed E-state index contributed by atoms with van der Waals surface area (Å²) in [7, 11) is 0.881. The number of aromatic nitrogens is 1. The molecule has 0 aliphatic carbocycles. The normalized spacial score (nSPS) is 11.3. The van der Waals surface area contributed by atoms with Crippen molar-refractivity contribution in [1.82, 2.24) is 4.98 Å².